The van der Waals surface area contributed by atoms with Crippen LogP contribution in [0.3, 0.4) is 0 Å². The lowest BCUT2D eigenvalue weighted by atomic mass is 9.96. The number of anilines is 2. The van der Waals surface area contributed by atoms with Gasteiger partial charge in [0.05, 0.1) is 12.1 Å². The van der Waals surface area contributed by atoms with E-state index in [4.69, 9.17) is 0 Å². The third-order valence-corrected chi connectivity index (χ3v) is 5.80. The predicted molar refractivity (Wildman–Crippen MR) is 103 cm³/mol. The minimum Gasteiger partial charge on any atom is -0.353 e. The average molecular weight is 362 g/mol. The molecule has 0 bridgehead atoms. The molecule has 1 aromatic heterocycles. The molecule has 3 aliphatic rings. The summed E-state index contributed by atoms with van der Waals surface area (Å²) < 4.78 is 0. The molecule has 4 heterocycles. The molecule has 0 unspecified atom stereocenters. The van der Waals surface area contributed by atoms with Crippen LogP contribution < -0.4 is 9.80 Å². The molecule has 0 spiro atoms. The van der Waals surface area contributed by atoms with Gasteiger partial charge in [-0.2, -0.15) is 0 Å². The number of hydrogen-bond donors (Lipinski definition) is 0. The lowest BCUT2D eigenvalue weighted by molar-refractivity contribution is -0.117. The summed E-state index contributed by atoms with van der Waals surface area (Å²) in [6.45, 7) is 3.75. The van der Waals surface area contributed by atoms with Crippen molar-refractivity contribution in [2.45, 2.75) is 19.3 Å². The second-order valence-corrected chi connectivity index (χ2v) is 7.44. The van der Waals surface area contributed by atoms with E-state index >= 15 is 0 Å². The molecule has 3 aliphatic heterocycles. The van der Waals surface area contributed by atoms with Crippen molar-refractivity contribution in [1.82, 2.24) is 9.88 Å². The van der Waals surface area contributed by atoms with Crippen LogP contribution in [-0.4, -0.2) is 54.4 Å². The zero-order chi connectivity index (χ0) is 18.4. The van der Waals surface area contributed by atoms with Crippen LogP contribution >= 0.6 is 0 Å². The topological polar surface area (TPSA) is 56.8 Å². The smallest absolute Gasteiger partial charge is 0.253 e. The van der Waals surface area contributed by atoms with Crippen molar-refractivity contribution in [3.05, 3.63) is 53.2 Å². The van der Waals surface area contributed by atoms with Gasteiger partial charge in [0.15, 0.2) is 0 Å². The van der Waals surface area contributed by atoms with E-state index in [0.29, 0.717) is 19.5 Å². The van der Waals surface area contributed by atoms with Crippen LogP contribution in [0, 0.1) is 0 Å². The number of amides is 2. The zero-order valence-corrected chi connectivity index (χ0v) is 15.2. The Hall–Kier alpha value is -2.89. The molecule has 1 aromatic carbocycles. The quantitative estimate of drug-likeness (QED) is 0.819. The van der Waals surface area contributed by atoms with Crippen LogP contribution in [0.4, 0.5) is 11.5 Å². The Bertz CT molecular complexity index is 904. The number of benzene rings is 1. The van der Waals surface area contributed by atoms with Gasteiger partial charge in [-0.3, -0.25) is 9.59 Å². The maximum Gasteiger partial charge on any atom is 0.253 e. The lowest BCUT2D eigenvalue weighted by Gasteiger charge is -2.35. The Morgan fingerprint density at radius 2 is 1.81 bits per heavy atom. The highest BCUT2D eigenvalue weighted by molar-refractivity contribution is 6.04. The SMILES string of the molecule is O=C(c1cc2c3c(c1)CC(=O)N3CCC2)N1CCN(c2ccccn2)CC1. The maximum absolute atomic E-state index is 13.1. The number of aromatic nitrogens is 1. The minimum absolute atomic E-state index is 0.0752. The van der Waals surface area contributed by atoms with Gasteiger partial charge in [-0.25, -0.2) is 4.98 Å². The highest BCUT2D eigenvalue weighted by Gasteiger charge is 2.33. The first-order valence-electron chi connectivity index (χ1n) is 9.62. The molecule has 5 rings (SSSR count). The molecule has 0 aliphatic carbocycles. The molecule has 27 heavy (non-hydrogen) atoms. The largest absolute Gasteiger partial charge is 0.353 e. The third-order valence-electron chi connectivity index (χ3n) is 5.80. The highest BCUT2D eigenvalue weighted by Crippen LogP contribution is 2.37. The first kappa shape index (κ1) is 16.3. The summed E-state index contributed by atoms with van der Waals surface area (Å²) in [4.78, 5) is 35.7. The summed E-state index contributed by atoms with van der Waals surface area (Å²) in [5.41, 5.74) is 3.97. The van der Waals surface area contributed by atoms with Crippen molar-refractivity contribution in [2.75, 3.05) is 42.5 Å². The number of aryl methyl sites for hydroxylation is 1. The van der Waals surface area contributed by atoms with E-state index in [1.165, 1.54) is 0 Å². The van der Waals surface area contributed by atoms with Crippen LogP contribution in [0.5, 0.6) is 0 Å². The van der Waals surface area contributed by atoms with Crippen molar-refractivity contribution >= 4 is 23.3 Å². The van der Waals surface area contributed by atoms with Crippen LogP contribution in [0.2, 0.25) is 0 Å². The molecule has 138 valence electrons. The van der Waals surface area contributed by atoms with Crippen LogP contribution in [0.25, 0.3) is 0 Å². The Morgan fingerprint density at radius 3 is 2.59 bits per heavy atom. The van der Waals surface area contributed by atoms with E-state index in [2.05, 4.69) is 9.88 Å². The van der Waals surface area contributed by atoms with Gasteiger partial charge in [-0.15, -0.1) is 0 Å². The predicted octanol–water partition coefficient (Wildman–Crippen LogP) is 1.88. The zero-order valence-electron chi connectivity index (χ0n) is 15.2. The van der Waals surface area contributed by atoms with Crippen molar-refractivity contribution in [1.29, 1.82) is 0 Å². The molecule has 0 saturated carbocycles. The number of hydrogen-bond acceptors (Lipinski definition) is 4. The Kier molecular flexibility index (Phi) is 3.85. The van der Waals surface area contributed by atoms with Gasteiger partial charge >= 0.3 is 0 Å². The van der Waals surface area contributed by atoms with Crippen LogP contribution in [0.15, 0.2) is 36.5 Å². The number of carbonyl (C=O) groups excluding carboxylic acids is 2. The summed E-state index contributed by atoms with van der Waals surface area (Å²) in [5.74, 6) is 1.20. The number of pyridine rings is 1. The summed E-state index contributed by atoms with van der Waals surface area (Å²) in [6.07, 6.45) is 4.14. The molecule has 0 N–H and O–H groups in total. The molecular formula is C21H22N4O2. The number of nitrogens with zero attached hydrogens (tertiary/aromatic N) is 4. The van der Waals surface area contributed by atoms with Gasteiger partial charge < -0.3 is 14.7 Å². The second kappa shape index (κ2) is 6.37. The molecule has 0 atom stereocenters. The van der Waals surface area contributed by atoms with E-state index in [1.54, 1.807) is 6.20 Å². The molecule has 6 heteroatoms. The van der Waals surface area contributed by atoms with E-state index in [9.17, 15) is 9.59 Å². The fourth-order valence-corrected chi connectivity index (χ4v) is 4.46. The van der Waals surface area contributed by atoms with Crippen molar-refractivity contribution in [3.8, 4) is 0 Å². The fourth-order valence-electron chi connectivity index (χ4n) is 4.46. The normalized spacial score (nSPS) is 18.7. The number of carbonyl (C=O) groups is 2. The number of rotatable bonds is 2. The van der Waals surface area contributed by atoms with Crippen LogP contribution in [0.1, 0.15) is 27.9 Å². The Morgan fingerprint density at radius 1 is 1.00 bits per heavy atom. The summed E-state index contributed by atoms with van der Waals surface area (Å²) >= 11 is 0. The van der Waals surface area contributed by atoms with Crippen molar-refractivity contribution < 1.29 is 9.59 Å². The van der Waals surface area contributed by atoms with Gasteiger partial charge in [0.2, 0.25) is 5.91 Å². The second-order valence-electron chi connectivity index (χ2n) is 7.44. The Balaban J connectivity index is 1.34. The standard InChI is InChI=1S/C21H22N4O2/c26-19-14-16-13-17(12-15-4-3-7-25(19)20(15)16)21(27)24-10-8-23(9-11-24)18-5-1-2-6-22-18/h1-2,5-6,12-13H,3-4,7-11,14H2. The summed E-state index contributed by atoms with van der Waals surface area (Å²) in [5, 5.41) is 0. The number of piperazine rings is 1. The molecule has 1 saturated heterocycles. The molecule has 2 amide bonds. The van der Waals surface area contributed by atoms with Gasteiger partial charge in [0, 0.05) is 44.5 Å². The molecule has 6 nitrogen and oxygen atoms in total. The van der Waals surface area contributed by atoms with E-state index in [0.717, 1.165) is 60.7 Å². The average Bonchev–Trinajstić information content (AvgIpc) is 3.05. The maximum atomic E-state index is 13.1. The van der Waals surface area contributed by atoms with Crippen molar-refractivity contribution in [3.63, 3.8) is 0 Å². The molecule has 1 fully saturated rings. The first-order valence-corrected chi connectivity index (χ1v) is 9.62. The monoisotopic (exact) mass is 362 g/mol. The van der Waals surface area contributed by atoms with Crippen LogP contribution in [-0.2, 0) is 17.6 Å². The molecule has 2 aromatic rings. The minimum atomic E-state index is 0.0752. The van der Waals surface area contributed by atoms with Gasteiger partial charge in [0.25, 0.3) is 5.91 Å². The lowest BCUT2D eigenvalue weighted by Crippen LogP contribution is -2.49. The van der Waals surface area contributed by atoms with E-state index in [1.807, 2.05) is 40.1 Å². The molecular weight excluding hydrogens is 340 g/mol. The van der Waals surface area contributed by atoms with Gasteiger partial charge in [0.1, 0.15) is 5.82 Å². The summed E-state index contributed by atoms with van der Waals surface area (Å²) in [7, 11) is 0. The van der Waals surface area contributed by atoms with E-state index in [-0.39, 0.29) is 11.8 Å². The van der Waals surface area contributed by atoms with E-state index < -0.39 is 0 Å². The third kappa shape index (κ3) is 2.76. The first-order chi connectivity index (χ1) is 13.2. The van der Waals surface area contributed by atoms with Gasteiger partial charge in [-0.05, 0) is 48.2 Å². The highest BCUT2D eigenvalue weighted by atomic mass is 16.2. The fraction of sp³-hybridized carbons (Fsp3) is 0.381. The summed E-state index contributed by atoms with van der Waals surface area (Å²) in [6, 6.07) is 9.86. The molecule has 0 radical (unpaired) electrons. The Labute approximate surface area is 158 Å². The van der Waals surface area contributed by atoms with Crippen molar-refractivity contribution in [2.24, 2.45) is 0 Å². The van der Waals surface area contributed by atoms with Gasteiger partial charge in [-0.1, -0.05) is 6.07 Å².